The van der Waals surface area contributed by atoms with Crippen molar-refractivity contribution in [3.63, 3.8) is 0 Å². The normalized spacial score (nSPS) is 11.0. The highest BCUT2D eigenvalue weighted by molar-refractivity contribution is 5.95. The average molecular weight is 337 g/mol. The molecule has 2 amide bonds. The number of carbonyl (C=O) groups excluding carboxylic acids is 2. The molecule has 1 aromatic carbocycles. The molecule has 2 aromatic rings. The maximum atomic E-state index is 12.4. The topological polar surface area (TPSA) is 71.1 Å². The molecule has 1 heterocycles. The number of alkyl halides is 3. The van der Waals surface area contributed by atoms with Crippen LogP contribution in [0.4, 0.5) is 13.2 Å². The van der Waals surface area contributed by atoms with E-state index < -0.39 is 17.6 Å². The molecule has 8 heteroatoms. The van der Waals surface area contributed by atoms with Gasteiger partial charge in [-0.1, -0.05) is 0 Å². The van der Waals surface area contributed by atoms with Crippen LogP contribution in [0.3, 0.4) is 0 Å². The van der Waals surface area contributed by atoms with Crippen LogP contribution in [0.15, 0.2) is 48.8 Å². The molecule has 5 nitrogen and oxygen atoms in total. The van der Waals surface area contributed by atoms with Crippen LogP contribution in [0, 0.1) is 0 Å². The SMILES string of the molecule is O=C(NCCNC(=O)c1cccnc1)c1ccc(C(F)(F)F)cc1. The number of nitrogens with one attached hydrogen (secondary N) is 2. The highest BCUT2D eigenvalue weighted by Crippen LogP contribution is 2.28. The molecular weight excluding hydrogens is 323 g/mol. The van der Waals surface area contributed by atoms with Gasteiger partial charge in [-0.25, -0.2) is 0 Å². The van der Waals surface area contributed by atoms with Crippen molar-refractivity contribution in [2.75, 3.05) is 13.1 Å². The number of amides is 2. The maximum Gasteiger partial charge on any atom is 0.416 e. The summed E-state index contributed by atoms with van der Waals surface area (Å²) < 4.78 is 37.3. The van der Waals surface area contributed by atoms with E-state index in [0.717, 1.165) is 24.3 Å². The highest BCUT2D eigenvalue weighted by atomic mass is 19.4. The summed E-state index contributed by atoms with van der Waals surface area (Å²) in [6, 6.07) is 7.13. The molecule has 0 aliphatic rings. The van der Waals surface area contributed by atoms with Gasteiger partial charge in [0.05, 0.1) is 11.1 Å². The van der Waals surface area contributed by atoms with E-state index in [1.165, 1.54) is 6.20 Å². The second kappa shape index (κ2) is 7.58. The van der Waals surface area contributed by atoms with Crippen molar-refractivity contribution in [1.29, 1.82) is 0 Å². The van der Waals surface area contributed by atoms with Crippen LogP contribution in [0.25, 0.3) is 0 Å². The number of rotatable bonds is 5. The fraction of sp³-hybridized carbons (Fsp3) is 0.188. The van der Waals surface area contributed by atoms with Crippen molar-refractivity contribution < 1.29 is 22.8 Å². The number of nitrogens with zero attached hydrogens (tertiary/aromatic N) is 1. The zero-order valence-corrected chi connectivity index (χ0v) is 12.4. The van der Waals surface area contributed by atoms with Gasteiger partial charge in [0, 0.05) is 31.0 Å². The van der Waals surface area contributed by atoms with Gasteiger partial charge < -0.3 is 10.6 Å². The first kappa shape index (κ1) is 17.5. The van der Waals surface area contributed by atoms with E-state index in [1.807, 2.05) is 0 Å². The summed E-state index contributed by atoms with van der Waals surface area (Å²) in [7, 11) is 0. The molecule has 1 aromatic heterocycles. The van der Waals surface area contributed by atoms with E-state index in [9.17, 15) is 22.8 Å². The molecule has 0 radical (unpaired) electrons. The summed E-state index contributed by atoms with van der Waals surface area (Å²) in [4.78, 5) is 27.3. The summed E-state index contributed by atoms with van der Waals surface area (Å²) in [5.74, 6) is -0.841. The van der Waals surface area contributed by atoms with Crippen molar-refractivity contribution >= 4 is 11.8 Å². The molecule has 0 bridgehead atoms. The van der Waals surface area contributed by atoms with Crippen molar-refractivity contribution in [2.45, 2.75) is 6.18 Å². The van der Waals surface area contributed by atoms with E-state index in [0.29, 0.717) is 5.56 Å². The average Bonchev–Trinajstić information content (AvgIpc) is 2.58. The minimum atomic E-state index is -4.44. The third-order valence-electron chi connectivity index (χ3n) is 3.09. The lowest BCUT2D eigenvalue weighted by Gasteiger charge is -2.09. The van der Waals surface area contributed by atoms with Crippen LogP contribution in [0.5, 0.6) is 0 Å². The fourth-order valence-electron chi connectivity index (χ4n) is 1.86. The molecule has 0 unspecified atom stereocenters. The van der Waals surface area contributed by atoms with Crippen molar-refractivity contribution in [3.8, 4) is 0 Å². The summed E-state index contributed by atoms with van der Waals surface area (Å²) in [5, 5.41) is 5.11. The maximum absolute atomic E-state index is 12.4. The molecule has 2 N–H and O–H groups in total. The molecule has 0 aliphatic carbocycles. The van der Waals surface area contributed by atoms with E-state index in [2.05, 4.69) is 15.6 Å². The fourth-order valence-corrected chi connectivity index (χ4v) is 1.86. The molecule has 24 heavy (non-hydrogen) atoms. The van der Waals surface area contributed by atoms with Gasteiger partial charge in [0.1, 0.15) is 0 Å². The Balaban J connectivity index is 1.78. The lowest BCUT2D eigenvalue weighted by Crippen LogP contribution is -2.34. The number of carbonyl (C=O) groups is 2. The Morgan fingerprint density at radius 3 is 2.00 bits per heavy atom. The van der Waals surface area contributed by atoms with Crippen molar-refractivity contribution in [2.24, 2.45) is 0 Å². The molecule has 0 spiro atoms. The van der Waals surface area contributed by atoms with Crippen LogP contribution in [-0.4, -0.2) is 29.9 Å². The van der Waals surface area contributed by atoms with Gasteiger partial charge in [-0.2, -0.15) is 13.2 Å². The highest BCUT2D eigenvalue weighted by Gasteiger charge is 2.30. The van der Waals surface area contributed by atoms with Crippen LogP contribution >= 0.6 is 0 Å². The van der Waals surface area contributed by atoms with Crippen molar-refractivity contribution in [1.82, 2.24) is 15.6 Å². The third-order valence-corrected chi connectivity index (χ3v) is 3.09. The van der Waals surface area contributed by atoms with Crippen LogP contribution < -0.4 is 10.6 Å². The number of hydrogen-bond acceptors (Lipinski definition) is 3. The van der Waals surface area contributed by atoms with E-state index in [-0.39, 0.29) is 24.6 Å². The molecular formula is C16H14F3N3O2. The van der Waals surface area contributed by atoms with Gasteiger partial charge in [-0.05, 0) is 36.4 Å². The lowest BCUT2D eigenvalue weighted by molar-refractivity contribution is -0.137. The van der Waals surface area contributed by atoms with E-state index >= 15 is 0 Å². The number of pyridine rings is 1. The monoisotopic (exact) mass is 337 g/mol. The Kier molecular flexibility index (Phi) is 5.51. The lowest BCUT2D eigenvalue weighted by atomic mass is 10.1. The van der Waals surface area contributed by atoms with E-state index in [1.54, 1.807) is 18.3 Å². The Morgan fingerprint density at radius 2 is 1.50 bits per heavy atom. The third kappa shape index (κ3) is 4.80. The Morgan fingerprint density at radius 1 is 0.917 bits per heavy atom. The number of hydrogen-bond donors (Lipinski definition) is 2. The first-order valence-electron chi connectivity index (χ1n) is 7.01. The smallest absolute Gasteiger partial charge is 0.350 e. The van der Waals surface area contributed by atoms with Gasteiger partial charge in [0.25, 0.3) is 11.8 Å². The molecule has 0 saturated carbocycles. The van der Waals surface area contributed by atoms with Gasteiger partial charge >= 0.3 is 6.18 Å². The standard InChI is InChI=1S/C16H14F3N3O2/c17-16(18,19)13-5-3-11(4-6-13)14(23)21-8-9-22-15(24)12-2-1-7-20-10-12/h1-7,10H,8-9H2,(H,21,23)(H,22,24). The summed E-state index contributed by atoms with van der Waals surface area (Å²) in [6.45, 7) is 0.325. The number of halogens is 3. The first-order chi connectivity index (χ1) is 11.4. The predicted molar refractivity (Wildman–Crippen MR) is 80.3 cm³/mol. The number of benzene rings is 1. The Bertz CT molecular complexity index is 701. The van der Waals surface area contributed by atoms with Crippen LogP contribution in [0.1, 0.15) is 26.3 Å². The minimum absolute atomic E-state index is 0.113. The molecule has 126 valence electrons. The first-order valence-corrected chi connectivity index (χ1v) is 7.01. The van der Waals surface area contributed by atoms with Gasteiger partial charge in [0.2, 0.25) is 0 Å². The molecule has 2 rings (SSSR count). The minimum Gasteiger partial charge on any atom is -0.350 e. The zero-order valence-electron chi connectivity index (χ0n) is 12.4. The predicted octanol–water partition coefficient (Wildman–Crippen LogP) is 2.26. The molecule has 0 atom stereocenters. The van der Waals surface area contributed by atoms with Crippen molar-refractivity contribution in [3.05, 3.63) is 65.5 Å². The van der Waals surface area contributed by atoms with Gasteiger partial charge in [-0.3, -0.25) is 14.6 Å². The van der Waals surface area contributed by atoms with Gasteiger partial charge in [-0.15, -0.1) is 0 Å². The molecule has 0 saturated heterocycles. The van der Waals surface area contributed by atoms with Crippen LogP contribution in [0.2, 0.25) is 0 Å². The quantitative estimate of drug-likeness (QED) is 0.822. The largest absolute Gasteiger partial charge is 0.416 e. The molecule has 0 fully saturated rings. The molecule has 0 aliphatic heterocycles. The zero-order chi connectivity index (χ0) is 17.6. The van der Waals surface area contributed by atoms with Gasteiger partial charge in [0.15, 0.2) is 0 Å². The summed E-state index contributed by atoms with van der Waals surface area (Å²) >= 11 is 0. The second-order valence-electron chi connectivity index (χ2n) is 4.83. The Labute approximate surface area is 135 Å². The Hall–Kier alpha value is -2.90. The number of aromatic nitrogens is 1. The van der Waals surface area contributed by atoms with E-state index in [4.69, 9.17) is 0 Å². The summed E-state index contributed by atoms with van der Waals surface area (Å²) in [5.41, 5.74) is -0.309. The second-order valence-corrected chi connectivity index (χ2v) is 4.83. The summed E-state index contributed by atoms with van der Waals surface area (Å²) in [6.07, 6.45) is -1.48. The van der Waals surface area contributed by atoms with Crippen LogP contribution in [-0.2, 0) is 6.18 Å².